The fourth-order valence-electron chi connectivity index (χ4n) is 2.65. The van der Waals surface area contributed by atoms with Gasteiger partial charge in [-0.05, 0) is 51.1 Å². The van der Waals surface area contributed by atoms with Gasteiger partial charge in [-0.2, -0.15) is 0 Å². The first-order valence-electron chi connectivity index (χ1n) is 7.04. The molecule has 0 bridgehead atoms. The van der Waals surface area contributed by atoms with Gasteiger partial charge in [-0.25, -0.2) is 4.79 Å². The highest BCUT2D eigenvalue weighted by molar-refractivity contribution is 5.92. The summed E-state index contributed by atoms with van der Waals surface area (Å²) in [7, 11) is 2.13. The molecule has 20 heavy (non-hydrogen) atoms. The van der Waals surface area contributed by atoms with E-state index in [2.05, 4.69) is 11.9 Å². The molecular formula is C15H22N2O3. The summed E-state index contributed by atoms with van der Waals surface area (Å²) in [6.45, 7) is 1.66. The number of carboxylic acid groups (broad SMARTS) is 1. The van der Waals surface area contributed by atoms with Crippen molar-refractivity contribution < 1.29 is 14.6 Å². The standard InChI is InChI=1S/C15H22N2O3/c1-17-8-3-2-4-12(17)7-9-20-14-6-5-11(16)10-13(14)15(18)19/h5-6,10,12H,2-4,7-9,16H2,1H3,(H,18,19). The second-order valence-corrected chi connectivity index (χ2v) is 5.33. The van der Waals surface area contributed by atoms with Crippen molar-refractivity contribution in [2.45, 2.75) is 31.7 Å². The number of nitrogens with two attached hydrogens (primary N) is 1. The highest BCUT2D eigenvalue weighted by Gasteiger charge is 2.19. The van der Waals surface area contributed by atoms with Gasteiger partial charge in [0.25, 0.3) is 0 Å². The van der Waals surface area contributed by atoms with Crippen LogP contribution in [0.3, 0.4) is 0 Å². The molecule has 0 amide bonds. The van der Waals surface area contributed by atoms with Gasteiger partial charge in [0.05, 0.1) is 6.61 Å². The molecule has 5 heteroatoms. The summed E-state index contributed by atoms with van der Waals surface area (Å²) < 4.78 is 5.64. The highest BCUT2D eigenvalue weighted by Crippen LogP contribution is 2.23. The minimum Gasteiger partial charge on any atom is -0.493 e. The van der Waals surface area contributed by atoms with Crippen LogP contribution in [0.15, 0.2) is 18.2 Å². The van der Waals surface area contributed by atoms with Crippen LogP contribution in [0.2, 0.25) is 0 Å². The molecule has 1 atom stereocenters. The van der Waals surface area contributed by atoms with Gasteiger partial charge < -0.3 is 20.5 Å². The third kappa shape index (κ3) is 3.63. The molecule has 5 nitrogen and oxygen atoms in total. The number of nitrogen functional groups attached to an aromatic ring is 1. The van der Waals surface area contributed by atoms with Crippen molar-refractivity contribution in [1.82, 2.24) is 4.90 Å². The summed E-state index contributed by atoms with van der Waals surface area (Å²) in [5.41, 5.74) is 6.16. The first-order valence-corrected chi connectivity index (χ1v) is 7.04. The molecule has 0 saturated carbocycles. The number of rotatable bonds is 5. The summed E-state index contributed by atoms with van der Waals surface area (Å²) in [5, 5.41) is 9.14. The lowest BCUT2D eigenvalue weighted by Crippen LogP contribution is -2.37. The SMILES string of the molecule is CN1CCCCC1CCOc1ccc(N)cc1C(=O)O. The van der Waals surface area contributed by atoms with Gasteiger partial charge >= 0.3 is 5.97 Å². The van der Waals surface area contributed by atoms with Gasteiger partial charge in [0.2, 0.25) is 0 Å². The maximum Gasteiger partial charge on any atom is 0.339 e. The van der Waals surface area contributed by atoms with Crippen molar-refractivity contribution >= 4 is 11.7 Å². The molecule has 0 radical (unpaired) electrons. The minimum atomic E-state index is -1.01. The van der Waals surface area contributed by atoms with Crippen LogP contribution in [-0.2, 0) is 0 Å². The summed E-state index contributed by atoms with van der Waals surface area (Å²) in [6, 6.07) is 5.26. The van der Waals surface area contributed by atoms with Gasteiger partial charge in [0, 0.05) is 11.7 Å². The van der Waals surface area contributed by atoms with Gasteiger partial charge in [0.15, 0.2) is 0 Å². The van der Waals surface area contributed by atoms with Crippen LogP contribution < -0.4 is 10.5 Å². The lowest BCUT2D eigenvalue weighted by Gasteiger charge is -2.32. The zero-order chi connectivity index (χ0) is 14.5. The van der Waals surface area contributed by atoms with Crippen LogP contribution >= 0.6 is 0 Å². The van der Waals surface area contributed by atoms with Crippen LogP contribution in [0.1, 0.15) is 36.0 Å². The Labute approximate surface area is 119 Å². The Morgan fingerprint density at radius 3 is 3.00 bits per heavy atom. The number of carboxylic acids is 1. The van der Waals surface area contributed by atoms with E-state index in [1.807, 2.05) is 0 Å². The molecule has 0 aromatic heterocycles. The van der Waals surface area contributed by atoms with E-state index in [4.69, 9.17) is 15.6 Å². The van der Waals surface area contributed by atoms with Gasteiger partial charge in [-0.1, -0.05) is 6.42 Å². The molecule has 1 heterocycles. The van der Waals surface area contributed by atoms with E-state index in [0.29, 0.717) is 24.1 Å². The van der Waals surface area contributed by atoms with Crippen molar-refractivity contribution in [2.75, 3.05) is 25.9 Å². The van der Waals surface area contributed by atoms with E-state index < -0.39 is 5.97 Å². The van der Waals surface area contributed by atoms with Crippen molar-refractivity contribution in [2.24, 2.45) is 0 Å². The molecule has 1 saturated heterocycles. The molecule has 3 N–H and O–H groups in total. The largest absolute Gasteiger partial charge is 0.493 e. The zero-order valence-corrected chi connectivity index (χ0v) is 11.8. The number of ether oxygens (including phenoxy) is 1. The summed E-state index contributed by atoms with van der Waals surface area (Å²) >= 11 is 0. The quantitative estimate of drug-likeness (QED) is 0.808. The van der Waals surface area contributed by atoms with Crippen molar-refractivity contribution in [1.29, 1.82) is 0 Å². The summed E-state index contributed by atoms with van der Waals surface area (Å²) in [5.74, 6) is -0.618. The van der Waals surface area contributed by atoms with E-state index in [1.165, 1.54) is 25.3 Å². The molecule has 0 aliphatic carbocycles. The van der Waals surface area contributed by atoms with E-state index in [9.17, 15) is 4.79 Å². The second kappa shape index (κ2) is 6.61. The van der Waals surface area contributed by atoms with Gasteiger partial charge in [-0.15, -0.1) is 0 Å². The van der Waals surface area contributed by atoms with Crippen LogP contribution in [0, 0.1) is 0 Å². The number of anilines is 1. The van der Waals surface area contributed by atoms with Crippen LogP contribution in [0.25, 0.3) is 0 Å². The van der Waals surface area contributed by atoms with E-state index >= 15 is 0 Å². The average Bonchev–Trinajstić information content (AvgIpc) is 2.42. The Kier molecular flexibility index (Phi) is 4.84. The van der Waals surface area contributed by atoms with Crippen molar-refractivity contribution in [3.63, 3.8) is 0 Å². The van der Waals surface area contributed by atoms with Crippen molar-refractivity contribution in [3.8, 4) is 5.75 Å². The number of benzene rings is 1. The second-order valence-electron chi connectivity index (χ2n) is 5.33. The number of piperidine rings is 1. The third-order valence-corrected chi connectivity index (χ3v) is 3.86. The van der Waals surface area contributed by atoms with Crippen LogP contribution in [0.4, 0.5) is 5.69 Å². The fraction of sp³-hybridized carbons (Fsp3) is 0.533. The molecule has 1 fully saturated rings. The summed E-state index contributed by atoms with van der Waals surface area (Å²) in [6.07, 6.45) is 4.62. The molecule has 0 spiro atoms. The molecule has 1 aromatic rings. The zero-order valence-electron chi connectivity index (χ0n) is 11.8. The molecule has 1 unspecified atom stereocenters. The number of likely N-dealkylation sites (tertiary alicyclic amines) is 1. The average molecular weight is 278 g/mol. The molecule has 110 valence electrons. The number of hydrogen-bond donors (Lipinski definition) is 2. The number of carbonyl (C=O) groups is 1. The van der Waals surface area contributed by atoms with Gasteiger partial charge in [-0.3, -0.25) is 0 Å². The van der Waals surface area contributed by atoms with Gasteiger partial charge in [0.1, 0.15) is 11.3 Å². The predicted molar refractivity (Wildman–Crippen MR) is 78.2 cm³/mol. The Hall–Kier alpha value is -1.75. The number of aromatic carboxylic acids is 1. The smallest absolute Gasteiger partial charge is 0.339 e. The minimum absolute atomic E-state index is 0.127. The maximum atomic E-state index is 11.1. The number of nitrogens with zero attached hydrogens (tertiary/aromatic N) is 1. The van der Waals surface area contributed by atoms with E-state index in [0.717, 1.165) is 13.0 Å². The Bertz CT molecular complexity index is 476. The number of hydrogen-bond acceptors (Lipinski definition) is 4. The topological polar surface area (TPSA) is 75.8 Å². The molecular weight excluding hydrogens is 256 g/mol. The maximum absolute atomic E-state index is 11.1. The monoisotopic (exact) mass is 278 g/mol. The Morgan fingerprint density at radius 1 is 1.50 bits per heavy atom. The molecule has 2 rings (SSSR count). The lowest BCUT2D eigenvalue weighted by molar-refractivity contribution is 0.0691. The highest BCUT2D eigenvalue weighted by atomic mass is 16.5. The molecule has 1 aromatic carbocycles. The van der Waals surface area contributed by atoms with E-state index in [-0.39, 0.29) is 5.56 Å². The molecule has 1 aliphatic heterocycles. The first-order chi connectivity index (χ1) is 9.58. The predicted octanol–water partition coefficient (Wildman–Crippen LogP) is 2.22. The normalized spacial score (nSPS) is 19.8. The first kappa shape index (κ1) is 14.7. The lowest BCUT2D eigenvalue weighted by atomic mass is 10.0. The Balaban J connectivity index is 1.92. The molecule has 1 aliphatic rings. The van der Waals surface area contributed by atoms with Crippen molar-refractivity contribution in [3.05, 3.63) is 23.8 Å². The Morgan fingerprint density at radius 2 is 2.30 bits per heavy atom. The fourth-order valence-corrected chi connectivity index (χ4v) is 2.65. The van der Waals surface area contributed by atoms with Crippen LogP contribution in [0.5, 0.6) is 5.75 Å². The summed E-state index contributed by atoms with van der Waals surface area (Å²) in [4.78, 5) is 13.5. The third-order valence-electron chi connectivity index (χ3n) is 3.86. The van der Waals surface area contributed by atoms with E-state index in [1.54, 1.807) is 12.1 Å². The van der Waals surface area contributed by atoms with Crippen LogP contribution in [-0.4, -0.2) is 42.2 Å².